The van der Waals surface area contributed by atoms with E-state index >= 15 is 0 Å². The van der Waals surface area contributed by atoms with E-state index in [0.717, 1.165) is 31.5 Å². The second-order valence-corrected chi connectivity index (χ2v) is 6.96. The van der Waals surface area contributed by atoms with Crippen molar-refractivity contribution in [3.63, 3.8) is 0 Å². The van der Waals surface area contributed by atoms with E-state index in [-0.39, 0.29) is 11.6 Å². The van der Waals surface area contributed by atoms with Crippen LogP contribution in [0.5, 0.6) is 0 Å². The summed E-state index contributed by atoms with van der Waals surface area (Å²) in [4.78, 5) is 32.8. The summed E-state index contributed by atoms with van der Waals surface area (Å²) < 4.78 is 0. The Labute approximate surface area is 157 Å². The maximum atomic E-state index is 12.4. The number of rotatable bonds is 5. The van der Waals surface area contributed by atoms with E-state index < -0.39 is 11.5 Å². The number of aromatic nitrogens is 2. The molecular weight excluding hydrogens is 352 g/mol. The van der Waals surface area contributed by atoms with Gasteiger partial charge in [-0.3, -0.25) is 14.5 Å². The molecule has 3 rings (SSSR count). The molecule has 1 fully saturated rings. The molecule has 1 aliphatic rings. The molecule has 26 heavy (non-hydrogen) atoms. The molecule has 2 heterocycles. The molecule has 0 radical (unpaired) electrons. The lowest BCUT2D eigenvalue weighted by Gasteiger charge is -2.31. The minimum absolute atomic E-state index is 0.0261. The molecule has 138 valence electrons. The number of carbonyl (C=O) groups is 1. The van der Waals surface area contributed by atoms with Gasteiger partial charge in [0, 0.05) is 17.8 Å². The highest BCUT2D eigenvalue weighted by Crippen LogP contribution is 2.25. The smallest absolute Gasteiger partial charge is 0.263 e. The first-order valence-electron chi connectivity index (χ1n) is 8.95. The first kappa shape index (κ1) is 18.6. The molecule has 1 atom stereocenters. The molecule has 0 aliphatic carbocycles. The van der Waals surface area contributed by atoms with Crippen molar-refractivity contribution in [2.45, 2.75) is 31.7 Å². The second kappa shape index (κ2) is 8.96. The molecule has 2 aromatic rings. The summed E-state index contributed by atoms with van der Waals surface area (Å²) in [5.74, 6) is -0.409. The fourth-order valence-corrected chi connectivity index (χ4v) is 3.47. The Balaban J connectivity index is 1.76. The lowest BCUT2D eigenvalue weighted by Crippen LogP contribution is -2.40. The molecular formula is C19H23ClN4O2. The van der Waals surface area contributed by atoms with E-state index in [9.17, 15) is 9.59 Å². The molecule has 2 N–H and O–H groups in total. The number of benzene rings is 1. The number of amides is 1. The minimum Gasteiger partial charge on any atom is -0.350 e. The van der Waals surface area contributed by atoms with Crippen molar-refractivity contribution in [1.29, 1.82) is 0 Å². The molecule has 0 saturated carbocycles. The van der Waals surface area contributed by atoms with E-state index in [1.54, 1.807) is 0 Å². The third-order valence-electron chi connectivity index (χ3n) is 4.76. The number of hydrogen-bond acceptors (Lipinski definition) is 4. The maximum absolute atomic E-state index is 12.4. The van der Waals surface area contributed by atoms with Crippen LogP contribution in [0.15, 0.2) is 41.6 Å². The molecule has 1 aromatic carbocycles. The average molecular weight is 375 g/mol. The summed E-state index contributed by atoms with van der Waals surface area (Å²) >= 11 is 6.02. The SMILES string of the molecule is O=C(NC[C@H](c1ccc(Cl)cc1)N1CCCCCC1)c1cnc[nH]c1=O. The van der Waals surface area contributed by atoms with Crippen molar-refractivity contribution < 1.29 is 4.79 Å². The molecule has 0 unspecified atom stereocenters. The molecule has 1 saturated heterocycles. The van der Waals surface area contributed by atoms with Gasteiger partial charge in [-0.25, -0.2) is 4.98 Å². The van der Waals surface area contributed by atoms with Crippen LogP contribution < -0.4 is 10.9 Å². The molecule has 1 amide bonds. The van der Waals surface area contributed by atoms with E-state index in [4.69, 9.17) is 11.6 Å². The molecule has 6 nitrogen and oxygen atoms in total. The first-order chi connectivity index (χ1) is 12.6. The number of nitrogens with zero attached hydrogens (tertiary/aromatic N) is 2. The number of H-pyrrole nitrogens is 1. The van der Waals surface area contributed by atoms with Gasteiger partial charge in [0.1, 0.15) is 5.56 Å². The van der Waals surface area contributed by atoms with Gasteiger partial charge < -0.3 is 10.3 Å². The lowest BCUT2D eigenvalue weighted by atomic mass is 10.0. The van der Waals surface area contributed by atoms with Crippen LogP contribution >= 0.6 is 11.6 Å². The van der Waals surface area contributed by atoms with Gasteiger partial charge in [-0.15, -0.1) is 0 Å². The fourth-order valence-electron chi connectivity index (χ4n) is 3.34. The van der Waals surface area contributed by atoms with Crippen molar-refractivity contribution in [3.05, 3.63) is 63.3 Å². The average Bonchev–Trinajstić information content (AvgIpc) is 2.93. The van der Waals surface area contributed by atoms with Crippen LogP contribution in [0.1, 0.15) is 47.6 Å². The van der Waals surface area contributed by atoms with Crippen LogP contribution in [0.4, 0.5) is 0 Å². The largest absolute Gasteiger partial charge is 0.350 e. The van der Waals surface area contributed by atoms with E-state index in [2.05, 4.69) is 20.2 Å². The van der Waals surface area contributed by atoms with Crippen molar-refractivity contribution in [2.75, 3.05) is 19.6 Å². The zero-order valence-electron chi connectivity index (χ0n) is 14.6. The van der Waals surface area contributed by atoms with Crippen LogP contribution in [0, 0.1) is 0 Å². The number of nitrogens with one attached hydrogen (secondary N) is 2. The summed E-state index contributed by atoms with van der Waals surface area (Å²) in [6.45, 7) is 2.42. The van der Waals surface area contributed by atoms with E-state index in [1.807, 2.05) is 24.3 Å². The summed E-state index contributed by atoms with van der Waals surface area (Å²) in [6, 6.07) is 7.79. The van der Waals surface area contributed by atoms with Gasteiger partial charge >= 0.3 is 0 Å². The zero-order valence-corrected chi connectivity index (χ0v) is 15.3. The van der Waals surface area contributed by atoms with Crippen LogP contribution in [0.3, 0.4) is 0 Å². The van der Waals surface area contributed by atoms with Gasteiger partial charge in [-0.2, -0.15) is 0 Å². The summed E-state index contributed by atoms with van der Waals surface area (Å²) in [6.07, 6.45) is 7.34. The minimum atomic E-state index is -0.435. The van der Waals surface area contributed by atoms with Crippen molar-refractivity contribution in [1.82, 2.24) is 20.2 Å². The van der Waals surface area contributed by atoms with Crippen LogP contribution in [0.2, 0.25) is 5.02 Å². The normalized spacial score (nSPS) is 16.7. The van der Waals surface area contributed by atoms with Gasteiger partial charge in [-0.05, 0) is 43.6 Å². The van der Waals surface area contributed by atoms with Gasteiger partial charge in [0.25, 0.3) is 11.5 Å². The first-order valence-corrected chi connectivity index (χ1v) is 9.33. The van der Waals surface area contributed by atoms with Gasteiger partial charge in [0.2, 0.25) is 0 Å². The Morgan fingerprint density at radius 3 is 2.54 bits per heavy atom. The Morgan fingerprint density at radius 1 is 1.19 bits per heavy atom. The Morgan fingerprint density at radius 2 is 1.88 bits per heavy atom. The lowest BCUT2D eigenvalue weighted by molar-refractivity contribution is 0.0931. The molecule has 1 aromatic heterocycles. The van der Waals surface area contributed by atoms with Crippen LogP contribution in [0.25, 0.3) is 0 Å². The van der Waals surface area contributed by atoms with E-state index in [0.29, 0.717) is 11.6 Å². The van der Waals surface area contributed by atoms with Gasteiger partial charge in [0.15, 0.2) is 0 Å². The molecule has 7 heteroatoms. The number of aromatic amines is 1. The third kappa shape index (κ3) is 4.71. The summed E-state index contributed by atoms with van der Waals surface area (Å²) in [7, 11) is 0. The zero-order chi connectivity index (χ0) is 18.4. The third-order valence-corrected chi connectivity index (χ3v) is 5.01. The Bertz CT molecular complexity index is 783. The molecule has 1 aliphatic heterocycles. The molecule has 0 spiro atoms. The summed E-state index contributed by atoms with van der Waals surface area (Å²) in [5.41, 5.74) is 0.699. The number of hydrogen-bond donors (Lipinski definition) is 2. The van der Waals surface area contributed by atoms with E-state index in [1.165, 1.54) is 25.4 Å². The highest BCUT2D eigenvalue weighted by molar-refractivity contribution is 6.30. The van der Waals surface area contributed by atoms with Crippen molar-refractivity contribution in [2.24, 2.45) is 0 Å². The fraction of sp³-hybridized carbons (Fsp3) is 0.421. The topological polar surface area (TPSA) is 78.1 Å². The number of carbonyl (C=O) groups excluding carboxylic acids is 1. The standard InChI is InChI=1S/C19H23ClN4O2/c20-15-7-5-14(6-8-15)17(24-9-3-1-2-4-10-24)12-22-18(25)16-11-21-13-23-19(16)26/h5-8,11,13,17H,1-4,9-10,12H2,(H,22,25)(H,21,23,26)/t17-/m1/s1. The Hall–Kier alpha value is -2.18. The quantitative estimate of drug-likeness (QED) is 0.843. The second-order valence-electron chi connectivity index (χ2n) is 6.52. The Kier molecular flexibility index (Phi) is 6.41. The summed E-state index contributed by atoms with van der Waals surface area (Å²) in [5, 5.41) is 3.59. The van der Waals surface area contributed by atoms with Crippen molar-refractivity contribution >= 4 is 17.5 Å². The van der Waals surface area contributed by atoms with Crippen LogP contribution in [-0.2, 0) is 0 Å². The van der Waals surface area contributed by atoms with Crippen molar-refractivity contribution in [3.8, 4) is 0 Å². The molecule has 0 bridgehead atoms. The van der Waals surface area contributed by atoms with Crippen LogP contribution in [-0.4, -0.2) is 40.4 Å². The predicted molar refractivity (Wildman–Crippen MR) is 101 cm³/mol. The predicted octanol–water partition coefficient (Wildman–Crippen LogP) is 2.77. The maximum Gasteiger partial charge on any atom is 0.263 e. The van der Waals surface area contributed by atoms with Gasteiger partial charge in [-0.1, -0.05) is 36.6 Å². The van der Waals surface area contributed by atoms with Gasteiger partial charge in [0.05, 0.1) is 12.4 Å². The highest BCUT2D eigenvalue weighted by Gasteiger charge is 2.23. The highest BCUT2D eigenvalue weighted by atomic mass is 35.5. The number of halogens is 1. The monoisotopic (exact) mass is 374 g/mol. The number of likely N-dealkylation sites (tertiary alicyclic amines) is 1.